The molecule has 0 radical (unpaired) electrons. The predicted octanol–water partition coefficient (Wildman–Crippen LogP) is 6.44. The van der Waals surface area contributed by atoms with Crippen molar-refractivity contribution in [3.05, 3.63) is 53.3 Å². The molecule has 1 saturated heterocycles. The van der Waals surface area contributed by atoms with Crippen molar-refractivity contribution in [1.82, 2.24) is 9.80 Å². The number of benzene rings is 2. The van der Waals surface area contributed by atoms with Crippen molar-refractivity contribution in [3.8, 4) is 17.2 Å². The van der Waals surface area contributed by atoms with Crippen LogP contribution in [0.3, 0.4) is 0 Å². The largest absolute Gasteiger partial charge is 0.497 e. The first-order valence-electron chi connectivity index (χ1n) is 13.5. The summed E-state index contributed by atoms with van der Waals surface area (Å²) in [7, 11) is 3.11. The van der Waals surface area contributed by atoms with Crippen LogP contribution in [0.1, 0.15) is 70.5 Å². The fourth-order valence-corrected chi connectivity index (χ4v) is 4.97. The van der Waals surface area contributed by atoms with E-state index < -0.39 is 35.6 Å². The highest BCUT2D eigenvalue weighted by atomic mass is 19.4. The summed E-state index contributed by atoms with van der Waals surface area (Å²) in [5.41, 5.74) is 0.486. The predicted molar refractivity (Wildman–Crippen MR) is 145 cm³/mol. The van der Waals surface area contributed by atoms with Crippen molar-refractivity contribution in [3.63, 3.8) is 0 Å². The first-order valence-corrected chi connectivity index (χ1v) is 13.5. The van der Waals surface area contributed by atoms with Crippen molar-refractivity contribution >= 4 is 11.8 Å². The van der Waals surface area contributed by atoms with Gasteiger partial charge >= 0.3 is 12.1 Å². The second kappa shape index (κ2) is 13.0. The summed E-state index contributed by atoms with van der Waals surface area (Å²) in [5, 5.41) is 0. The number of halogens is 4. The molecule has 0 spiro atoms. The molecule has 0 unspecified atom stereocenters. The number of carbonyl (C=O) groups excluding carboxylic acids is 2. The van der Waals surface area contributed by atoms with Gasteiger partial charge in [0, 0.05) is 42.2 Å². The van der Waals surface area contributed by atoms with E-state index in [9.17, 15) is 27.2 Å². The fraction of sp³-hybridized carbons (Fsp3) is 0.533. The molecule has 226 valence electrons. The number of ether oxygens (including phenoxy) is 3. The molecule has 7 nitrogen and oxygen atoms in total. The highest BCUT2D eigenvalue weighted by Crippen LogP contribution is 2.40. The van der Waals surface area contributed by atoms with Crippen LogP contribution in [-0.2, 0) is 16.1 Å². The minimum absolute atomic E-state index is 0.0787. The Balaban J connectivity index is 1.73. The number of nitrogens with zero attached hydrogens (tertiary/aromatic N) is 2. The Morgan fingerprint density at radius 1 is 1.05 bits per heavy atom. The fourth-order valence-electron chi connectivity index (χ4n) is 4.97. The number of carbonyl (C=O) groups is 2. The van der Waals surface area contributed by atoms with Crippen LogP contribution in [0.5, 0.6) is 17.2 Å². The Morgan fingerprint density at radius 2 is 1.76 bits per heavy atom. The molecular weight excluding hydrogens is 544 g/mol. The van der Waals surface area contributed by atoms with Crippen LogP contribution in [-0.4, -0.2) is 60.2 Å². The maximum Gasteiger partial charge on any atom is 0.471 e. The number of amides is 2. The van der Waals surface area contributed by atoms with Gasteiger partial charge in [-0.05, 0) is 77.3 Å². The summed E-state index contributed by atoms with van der Waals surface area (Å²) < 4.78 is 70.5. The SMILES string of the molecule is COc1ccc(CN(C(=O)CC[C@H](C)Oc2ccc(F)cc2[C@H]2CCCN2C(=O)C(F)(F)F)C(C)(C)C)c(OC)c1. The normalized spacial score (nSPS) is 16.3. The zero-order valence-electron chi connectivity index (χ0n) is 24.3. The molecule has 3 rings (SSSR count). The number of alkyl halides is 3. The lowest BCUT2D eigenvalue weighted by molar-refractivity contribution is -0.186. The zero-order chi connectivity index (χ0) is 30.5. The molecule has 1 heterocycles. The van der Waals surface area contributed by atoms with Gasteiger partial charge < -0.3 is 24.0 Å². The Bertz CT molecular complexity index is 1230. The molecule has 1 aliphatic rings. The molecule has 41 heavy (non-hydrogen) atoms. The lowest BCUT2D eigenvalue weighted by Gasteiger charge is -2.36. The van der Waals surface area contributed by atoms with Gasteiger partial charge in [-0.1, -0.05) is 0 Å². The third-order valence-electron chi connectivity index (χ3n) is 7.11. The topological polar surface area (TPSA) is 68.3 Å². The molecule has 0 aromatic heterocycles. The van der Waals surface area contributed by atoms with Gasteiger partial charge in [0.2, 0.25) is 5.91 Å². The Hall–Kier alpha value is -3.50. The van der Waals surface area contributed by atoms with Crippen molar-refractivity contribution in [2.75, 3.05) is 20.8 Å². The van der Waals surface area contributed by atoms with Crippen LogP contribution < -0.4 is 14.2 Å². The van der Waals surface area contributed by atoms with E-state index in [0.717, 1.165) is 22.6 Å². The van der Waals surface area contributed by atoms with Crippen molar-refractivity contribution in [2.24, 2.45) is 0 Å². The lowest BCUT2D eigenvalue weighted by atomic mass is 10.0. The van der Waals surface area contributed by atoms with Crippen LogP contribution in [0.4, 0.5) is 17.6 Å². The van der Waals surface area contributed by atoms with Gasteiger partial charge in [0.15, 0.2) is 0 Å². The molecule has 2 aromatic rings. The summed E-state index contributed by atoms with van der Waals surface area (Å²) in [6, 6.07) is 8.07. The van der Waals surface area contributed by atoms with Gasteiger partial charge in [-0.25, -0.2) is 4.39 Å². The van der Waals surface area contributed by atoms with E-state index in [1.54, 1.807) is 38.2 Å². The monoisotopic (exact) mass is 582 g/mol. The molecule has 1 aliphatic heterocycles. The average Bonchev–Trinajstić information content (AvgIpc) is 3.39. The zero-order valence-corrected chi connectivity index (χ0v) is 24.3. The number of methoxy groups -OCH3 is 2. The average molecular weight is 583 g/mol. The van der Waals surface area contributed by atoms with Gasteiger partial charge in [-0.3, -0.25) is 9.59 Å². The molecule has 0 aliphatic carbocycles. The second-order valence-corrected chi connectivity index (χ2v) is 11.1. The van der Waals surface area contributed by atoms with Gasteiger partial charge in [-0.15, -0.1) is 0 Å². The third-order valence-corrected chi connectivity index (χ3v) is 7.11. The van der Waals surface area contributed by atoms with E-state index in [1.165, 1.54) is 6.07 Å². The van der Waals surface area contributed by atoms with Crippen LogP contribution >= 0.6 is 0 Å². The van der Waals surface area contributed by atoms with Crippen LogP contribution in [0.15, 0.2) is 36.4 Å². The number of hydrogen-bond acceptors (Lipinski definition) is 5. The molecule has 2 aromatic carbocycles. The summed E-state index contributed by atoms with van der Waals surface area (Å²) in [5.74, 6) is -1.30. The first kappa shape index (κ1) is 32.0. The molecule has 0 saturated carbocycles. The van der Waals surface area contributed by atoms with Crippen LogP contribution in [0.2, 0.25) is 0 Å². The number of rotatable bonds is 10. The van der Waals surface area contributed by atoms with Gasteiger partial charge in [0.05, 0.1) is 26.4 Å². The van der Waals surface area contributed by atoms with E-state index in [4.69, 9.17) is 14.2 Å². The second-order valence-electron chi connectivity index (χ2n) is 11.1. The van der Waals surface area contributed by atoms with Crippen molar-refractivity contribution in [1.29, 1.82) is 0 Å². The Kier molecular flexibility index (Phi) is 10.1. The number of likely N-dealkylation sites (tertiary alicyclic amines) is 1. The summed E-state index contributed by atoms with van der Waals surface area (Å²) in [6.45, 7) is 7.76. The minimum atomic E-state index is -5.03. The van der Waals surface area contributed by atoms with Crippen LogP contribution in [0, 0.1) is 5.82 Å². The molecule has 1 fully saturated rings. The molecule has 0 bridgehead atoms. The Labute approximate surface area is 238 Å². The smallest absolute Gasteiger partial charge is 0.471 e. The molecular formula is C30H38F4N2O5. The third kappa shape index (κ3) is 8.04. The highest BCUT2D eigenvalue weighted by molar-refractivity contribution is 5.82. The highest BCUT2D eigenvalue weighted by Gasteiger charge is 2.46. The van der Waals surface area contributed by atoms with Gasteiger partial charge in [0.25, 0.3) is 0 Å². The minimum Gasteiger partial charge on any atom is -0.497 e. The van der Waals surface area contributed by atoms with E-state index >= 15 is 0 Å². The number of hydrogen-bond donors (Lipinski definition) is 0. The van der Waals surface area contributed by atoms with Gasteiger partial charge in [0.1, 0.15) is 23.1 Å². The molecule has 11 heteroatoms. The molecule has 2 amide bonds. The maximum atomic E-state index is 14.2. The lowest BCUT2D eigenvalue weighted by Crippen LogP contribution is -2.45. The van der Waals surface area contributed by atoms with E-state index in [1.807, 2.05) is 26.8 Å². The standard InChI is InChI=1S/C30H38F4N2O5/c1-19(9-14-27(37)36(29(2,3)4)18-20-10-12-22(39-5)17-26(20)40-6)41-25-13-11-21(31)16-23(25)24-8-7-15-35(24)28(38)30(32,33)34/h10-13,16-17,19,24H,7-9,14-15,18H2,1-6H3/t19-,24+/m0/s1. The van der Waals surface area contributed by atoms with E-state index in [0.29, 0.717) is 30.9 Å². The summed E-state index contributed by atoms with van der Waals surface area (Å²) >= 11 is 0. The molecule has 0 N–H and O–H groups in total. The van der Waals surface area contributed by atoms with Crippen LogP contribution in [0.25, 0.3) is 0 Å². The quantitative estimate of drug-likeness (QED) is 0.302. The van der Waals surface area contributed by atoms with Crippen molar-refractivity contribution < 1.29 is 41.4 Å². The first-order chi connectivity index (χ1) is 19.1. The van der Waals surface area contributed by atoms with E-state index in [-0.39, 0.29) is 36.6 Å². The summed E-state index contributed by atoms with van der Waals surface area (Å²) in [6.07, 6.45) is -4.50. The molecule has 2 atom stereocenters. The van der Waals surface area contributed by atoms with Crippen molar-refractivity contribution in [2.45, 2.75) is 83.8 Å². The summed E-state index contributed by atoms with van der Waals surface area (Å²) in [4.78, 5) is 27.9. The Morgan fingerprint density at radius 3 is 2.37 bits per heavy atom. The maximum absolute atomic E-state index is 14.2. The van der Waals surface area contributed by atoms with Gasteiger partial charge in [-0.2, -0.15) is 13.2 Å². The van der Waals surface area contributed by atoms with E-state index in [2.05, 4.69) is 0 Å².